The molecule has 2 rings (SSSR count). The van der Waals surface area contributed by atoms with Crippen LogP contribution in [-0.2, 0) is 13.1 Å². The van der Waals surface area contributed by atoms with Crippen molar-refractivity contribution < 1.29 is 4.79 Å². The standard InChI is InChI=1S/C13H20N6O/c1-2-19-12(11(14)9-17-19)13(20)16-5-3-4-7-18-8-6-15-10-18/h6,8-10H,2-5,7,14H2,1H3,(H,16,20). The Kier molecular flexibility index (Phi) is 4.75. The first-order chi connectivity index (χ1) is 9.72. The molecule has 2 aromatic heterocycles. The number of unbranched alkanes of at least 4 members (excludes halogenated alkanes) is 1. The molecule has 0 aliphatic heterocycles. The lowest BCUT2D eigenvalue weighted by atomic mass is 10.3. The predicted octanol–water partition coefficient (Wildman–Crippen LogP) is 0.892. The SMILES string of the molecule is CCn1ncc(N)c1C(=O)NCCCCn1ccnc1. The van der Waals surface area contributed by atoms with Crippen LogP contribution in [0.25, 0.3) is 0 Å². The molecule has 2 heterocycles. The van der Waals surface area contributed by atoms with E-state index in [-0.39, 0.29) is 5.91 Å². The Morgan fingerprint density at radius 1 is 1.45 bits per heavy atom. The normalized spacial score (nSPS) is 10.7. The van der Waals surface area contributed by atoms with Crippen molar-refractivity contribution in [2.75, 3.05) is 12.3 Å². The van der Waals surface area contributed by atoms with E-state index in [0.717, 1.165) is 19.4 Å². The van der Waals surface area contributed by atoms with E-state index in [1.807, 2.05) is 17.7 Å². The lowest BCUT2D eigenvalue weighted by molar-refractivity contribution is 0.0943. The Morgan fingerprint density at radius 2 is 2.30 bits per heavy atom. The summed E-state index contributed by atoms with van der Waals surface area (Å²) in [6, 6.07) is 0. The number of carbonyl (C=O) groups excluding carboxylic acids is 1. The number of aryl methyl sites for hydroxylation is 2. The van der Waals surface area contributed by atoms with Crippen LogP contribution in [0.1, 0.15) is 30.3 Å². The summed E-state index contributed by atoms with van der Waals surface area (Å²) in [7, 11) is 0. The molecule has 0 aliphatic rings. The summed E-state index contributed by atoms with van der Waals surface area (Å²) in [5.41, 5.74) is 6.62. The number of carbonyl (C=O) groups is 1. The van der Waals surface area contributed by atoms with Gasteiger partial charge in [0.2, 0.25) is 0 Å². The maximum atomic E-state index is 12.0. The zero-order chi connectivity index (χ0) is 14.4. The van der Waals surface area contributed by atoms with Crippen molar-refractivity contribution >= 4 is 11.6 Å². The molecule has 0 fully saturated rings. The van der Waals surface area contributed by atoms with E-state index >= 15 is 0 Å². The number of nitrogens with one attached hydrogen (secondary N) is 1. The molecule has 0 radical (unpaired) electrons. The number of hydrogen-bond donors (Lipinski definition) is 2. The molecule has 0 aliphatic carbocycles. The smallest absolute Gasteiger partial charge is 0.271 e. The molecule has 0 saturated heterocycles. The third-order valence-corrected chi connectivity index (χ3v) is 3.07. The molecule has 0 aromatic carbocycles. The van der Waals surface area contributed by atoms with Gasteiger partial charge in [-0.1, -0.05) is 0 Å². The lowest BCUT2D eigenvalue weighted by Gasteiger charge is -2.08. The number of amides is 1. The summed E-state index contributed by atoms with van der Waals surface area (Å²) in [4.78, 5) is 16.0. The Labute approximate surface area is 117 Å². The van der Waals surface area contributed by atoms with Gasteiger partial charge in [-0.25, -0.2) is 4.98 Å². The molecule has 7 nitrogen and oxygen atoms in total. The molecule has 7 heteroatoms. The van der Waals surface area contributed by atoms with Gasteiger partial charge in [-0.05, 0) is 19.8 Å². The molecule has 0 spiro atoms. The first-order valence-corrected chi connectivity index (χ1v) is 6.77. The Morgan fingerprint density at radius 3 is 3.00 bits per heavy atom. The highest BCUT2D eigenvalue weighted by molar-refractivity contribution is 5.97. The van der Waals surface area contributed by atoms with Crippen LogP contribution in [-0.4, -0.2) is 31.8 Å². The number of nitrogen functional groups attached to an aromatic ring is 1. The van der Waals surface area contributed by atoms with Gasteiger partial charge in [-0.2, -0.15) is 5.10 Å². The van der Waals surface area contributed by atoms with Gasteiger partial charge < -0.3 is 15.6 Å². The molecule has 0 bridgehead atoms. The quantitative estimate of drug-likeness (QED) is 0.735. The second-order valence-electron chi connectivity index (χ2n) is 4.53. The Bertz CT molecular complexity index is 545. The fraction of sp³-hybridized carbons (Fsp3) is 0.462. The van der Waals surface area contributed by atoms with Crippen molar-refractivity contribution in [1.29, 1.82) is 0 Å². The van der Waals surface area contributed by atoms with Crippen LogP contribution in [0.4, 0.5) is 5.69 Å². The number of hydrogen-bond acceptors (Lipinski definition) is 4. The van der Waals surface area contributed by atoms with Crippen molar-refractivity contribution in [2.45, 2.75) is 32.9 Å². The lowest BCUT2D eigenvalue weighted by Crippen LogP contribution is -2.28. The third-order valence-electron chi connectivity index (χ3n) is 3.07. The maximum Gasteiger partial charge on any atom is 0.271 e. The second-order valence-corrected chi connectivity index (χ2v) is 4.53. The molecule has 1 amide bonds. The summed E-state index contributed by atoms with van der Waals surface area (Å²) in [6.45, 7) is 4.09. The average Bonchev–Trinajstić information content (AvgIpc) is 3.07. The predicted molar refractivity (Wildman–Crippen MR) is 76.1 cm³/mol. The second kappa shape index (κ2) is 6.74. The van der Waals surface area contributed by atoms with E-state index in [1.165, 1.54) is 6.20 Å². The van der Waals surface area contributed by atoms with Crippen LogP contribution in [0.15, 0.2) is 24.9 Å². The molecular formula is C13H20N6O. The molecule has 0 unspecified atom stereocenters. The maximum absolute atomic E-state index is 12.0. The van der Waals surface area contributed by atoms with E-state index < -0.39 is 0 Å². The first-order valence-electron chi connectivity index (χ1n) is 6.77. The van der Waals surface area contributed by atoms with Gasteiger partial charge in [0.15, 0.2) is 0 Å². The topological polar surface area (TPSA) is 90.8 Å². The minimum absolute atomic E-state index is 0.163. The van der Waals surface area contributed by atoms with Gasteiger partial charge in [0.05, 0.1) is 18.2 Å². The van der Waals surface area contributed by atoms with Crippen LogP contribution in [0.5, 0.6) is 0 Å². The highest BCUT2D eigenvalue weighted by atomic mass is 16.2. The van der Waals surface area contributed by atoms with E-state index in [0.29, 0.717) is 24.5 Å². The van der Waals surface area contributed by atoms with Crippen LogP contribution < -0.4 is 11.1 Å². The molecule has 0 atom stereocenters. The van der Waals surface area contributed by atoms with Crippen molar-refractivity contribution in [2.24, 2.45) is 0 Å². The Balaban J connectivity index is 1.73. The highest BCUT2D eigenvalue weighted by Crippen LogP contribution is 2.10. The number of imidazole rings is 1. The van der Waals surface area contributed by atoms with E-state index in [1.54, 1.807) is 17.2 Å². The van der Waals surface area contributed by atoms with E-state index in [4.69, 9.17) is 5.73 Å². The zero-order valence-electron chi connectivity index (χ0n) is 11.6. The number of nitrogens with two attached hydrogens (primary N) is 1. The summed E-state index contributed by atoms with van der Waals surface area (Å²) >= 11 is 0. The molecule has 3 N–H and O–H groups in total. The van der Waals surface area contributed by atoms with Gasteiger partial charge in [0.25, 0.3) is 5.91 Å². The van der Waals surface area contributed by atoms with Gasteiger partial charge in [0, 0.05) is 32.0 Å². The zero-order valence-corrected chi connectivity index (χ0v) is 11.6. The molecule has 0 saturated carbocycles. The number of nitrogens with zero attached hydrogens (tertiary/aromatic N) is 4. The average molecular weight is 276 g/mol. The fourth-order valence-corrected chi connectivity index (χ4v) is 2.01. The largest absolute Gasteiger partial charge is 0.396 e. The van der Waals surface area contributed by atoms with Crippen molar-refractivity contribution in [3.8, 4) is 0 Å². The molecule has 108 valence electrons. The minimum atomic E-state index is -0.163. The van der Waals surface area contributed by atoms with Gasteiger partial charge in [-0.3, -0.25) is 9.48 Å². The molecule has 20 heavy (non-hydrogen) atoms. The summed E-state index contributed by atoms with van der Waals surface area (Å²) in [5, 5.41) is 6.93. The van der Waals surface area contributed by atoms with E-state index in [9.17, 15) is 4.79 Å². The summed E-state index contributed by atoms with van der Waals surface area (Å²) in [6.07, 6.45) is 8.88. The van der Waals surface area contributed by atoms with Crippen molar-refractivity contribution in [3.63, 3.8) is 0 Å². The van der Waals surface area contributed by atoms with Gasteiger partial charge in [0.1, 0.15) is 5.69 Å². The van der Waals surface area contributed by atoms with Gasteiger partial charge in [-0.15, -0.1) is 0 Å². The summed E-state index contributed by atoms with van der Waals surface area (Å²) in [5.74, 6) is -0.163. The Hall–Kier alpha value is -2.31. The number of anilines is 1. The van der Waals surface area contributed by atoms with E-state index in [2.05, 4.69) is 15.4 Å². The summed E-state index contributed by atoms with van der Waals surface area (Å²) < 4.78 is 3.63. The first kappa shape index (κ1) is 14.1. The third kappa shape index (κ3) is 3.37. The highest BCUT2D eigenvalue weighted by Gasteiger charge is 2.15. The van der Waals surface area contributed by atoms with Crippen LogP contribution in [0, 0.1) is 0 Å². The molecule has 2 aromatic rings. The molecular weight excluding hydrogens is 256 g/mol. The van der Waals surface area contributed by atoms with Crippen LogP contribution >= 0.6 is 0 Å². The van der Waals surface area contributed by atoms with Crippen molar-refractivity contribution in [1.82, 2.24) is 24.6 Å². The number of rotatable bonds is 7. The van der Waals surface area contributed by atoms with Crippen molar-refractivity contribution in [3.05, 3.63) is 30.6 Å². The minimum Gasteiger partial charge on any atom is -0.396 e. The van der Waals surface area contributed by atoms with Crippen LogP contribution in [0.2, 0.25) is 0 Å². The van der Waals surface area contributed by atoms with Crippen LogP contribution in [0.3, 0.4) is 0 Å². The monoisotopic (exact) mass is 276 g/mol. The fourth-order valence-electron chi connectivity index (χ4n) is 2.01. The number of aromatic nitrogens is 4. The van der Waals surface area contributed by atoms with Gasteiger partial charge >= 0.3 is 0 Å².